The first-order chi connectivity index (χ1) is 18.4. The molecule has 8 nitrogen and oxygen atoms in total. The van der Waals surface area contributed by atoms with Crippen LogP contribution in [0.25, 0.3) is 32.2 Å². The summed E-state index contributed by atoms with van der Waals surface area (Å²) >= 11 is 1.06. The van der Waals surface area contributed by atoms with Crippen molar-refractivity contribution in [2.24, 2.45) is 0 Å². The molecule has 4 aromatic rings. The number of nitrogens with two attached hydrogens (primary N) is 1. The second-order valence-electron chi connectivity index (χ2n) is 9.95. The summed E-state index contributed by atoms with van der Waals surface area (Å²) in [5.74, 6) is -0.234. The fourth-order valence-electron chi connectivity index (χ4n) is 5.55. The Labute approximate surface area is 223 Å². The van der Waals surface area contributed by atoms with Gasteiger partial charge in [-0.25, -0.2) is 13.8 Å². The lowest BCUT2D eigenvalue weighted by atomic mass is 9.94. The predicted octanol–water partition coefficient (Wildman–Crippen LogP) is 4.21. The number of rotatable bonds is 6. The third kappa shape index (κ3) is 4.42. The largest absolute Gasteiger partial charge is 0.462 e. The number of nitrogens with one attached hydrogen (secondary N) is 1. The van der Waals surface area contributed by atoms with Gasteiger partial charge in [-0.2, -0.15) is 9.97 Å². The summed E-state index contributed by atoms with van der Waals surface area (Å²) in [6.07, 6.45) is 2.73. The molecule has 6 rings (SSSR count). The van der Waals surface area contributed by atoms with Crippen molar-refractivity contribution in [3.63, 3.8) is 0 Å². The Morgan fingerprint density at radius 1 is 1.13 bits per heavy atom. The zero-order valence-electron chi connectivity index (χ0n) is 21.6. The molecular formula is C27H31F2N7OS. The number of aryl methyl sites for hydroxylation is 1. The van der Waals surface area contributed by atoms with Gasteiger partial charge in [0.1, 0.15) is 23.8 Å². The Hall–Kier alpha value is -3.15. The van der Waals surface area contributed by atoms with Crippen molar-refractivity contribution in [1.29, 1.82) is 0 Å². The highest BCUT2D eigenvalue weighted by molar-refractivity contribution is 7.22. The van der Waals surface area contributed by atoms with Crippen LogP contribution >= 0.6 is 11.3 Å². The molecule has 2 aliphatic heterocycles. The first kappa shape index (κ1) is 25.1. The van der Waals surface area contributed by atoms with Gasteiger partial charge in [0.25, 0.3) is 0 Å². The number of piperazine rings is 1. The summed E-state index contributed by atoms with van der Waals surface area (Å²) in [6, 6.07) is 5.33. The summed E-state index contributed by atoms with van der Waals surface area (Å²) < 4.78 is 37.6. The third-order valence-corrected chi connectivity index (χ3v) is 8.52. The topological polar surface area (TPSA) is 92.4 Å². The van der Waals surface area contributed by atoms with Gasteiger partial charge < -0.3 is 25.6 Å². The molecule has 200 valence electrons. The lowest BCUT2D eigenvalue weighted by Crippen LogP contribution is -2.44. The van der Waals surface area contributed by atoms with E-state index in [4.69, 9.17) is 15.5 Å². The number of ether oxygens (including phenoxy) is 1. The minimum atomic E-state index is -0.486. The average Bonchev–Trinajstić information content (AvgIpc) is 3.53. The van der Waals surface area contributed by atoms with Crippen molar-refractivity contribution >= 4 is 43.4 Å². The lowest BCUT2D eigenvalue weighted by Gasteiger charge is -2.30. The van der Waals surface area contributed by atoms with E-state index in [-0.39, 0.29) is 22.7 Å². The first-order valence-electron chi connectivity index (χ1n) is 13.1. The van der Waals surface area contributed by atoms with Crippen molar-refractivity contribution in [1.82, 2.24) is 25.2 Å². The number of hydrogen-bond donors (Lipinski definition) is 2. The molecule has 0 amide bonds. The average molecular weight is 540 g/mol. The number of nitrogens with zero attached hydrogens (tertiary/aromatic N) is 5. The smallest absolute Gasteiger partial charge is 0.319 e. The fourth-order valence-corrected chi connectivity index (χ4v) is 6.31. The maximum atomic E-state index is 16.6. The second-order valence-corrected chi connectivity index (χ2v) is 11.0. The summed E-state index contributed by atoms with van der Waals surface area (Å²) in [5.41, 5.74) is 8.11. The van der Waals surface area contributed by atoms with Crippen LogP contribution in [0.5, 0.6) is 6.01 Å². The van der Waals surface area contributed by atoms with E-state index in [9.17, 15) is 4.39 Å². The minimum Gasteiger partial charge on any atom is -0.462 e. The number of fused-ring (bicyclic) bond motifs is 2. The SMILES string of the molecule is CCc1cc2c(N3CCNCC3)nc(OC[C@@H]3CCCN3C)nc2c(F)c1-c1ccc(F)c2sc(N)nc12. The van der Waals surface area contributed by atoms with Crippen LogP contribution in [0.1, 0.15) is 25.3 Å². The van der Waals surface area contributed by atoms with Crippen LogP contribution in [-0.4, -0.2) is 72.3 Å². The number of likely N-dealkylation sites (N-methyl/N-ethyl adjacent to an activating group) is 1. The van der Waals surface area contributed by atoms with Crippen LogP contribution in [0, 0.1) is 11.6 Å². The summed E-state index contributed by atoms with van der Waals surface area (Å²) in [6.45, 7) is 6.58. The van der Waals surface area contributed by atoms with Gasteiger partial charge in [0.05, 0.1) is 10.2 Å². The standard InChI is InChI=1S/C27H31F2N7OS/c1-3-15-13-18-22(21(29)20(15)17-6-7-19(28)24-23(17)32-26(30)38-24)33-27(37-14-16-5-4-10-35(16)2)34-25(18)36-11-8-31-9-12-36/h6-7,13,16,31H,3-5,8-12,14H2,1-2H3,(H2,30,32)/t16-/m0/s1. The molecule has 0 spiro atoms. The van der Waals surface area contributed by atoms with Gasteiger partial charge in [-0.3, -0.25) is 0 Å². The molecule has 2 aliphatic rings. The zero-order valence-corrected chi connectivity index (χ0v) is 22.4. The van der Waals surface area contributed by atoms with Crippen molar-refractivity contribution in [3.05, 3.63) is 35.4 Å². The Balaban J connectivity index is 1.53. The molecule has 1 atom stereocenters. The molecule has 0 bridgehead atoms. The Morgan fingerprint density at radius 2 is 1.95 bits per heavy atom. The lowest BCUT2D eigenvalue weighted by molar-refractivity contribution is 0.188. The number of likely N-dealkylation sites (tertiary alicyclic amines) is 1. The van der Waals surface area contributed by atoms with Gasteiger partial charge >= 0.3 is 6.01 Å². The first-order valence-corrected chi connectivity index (χ1v) is 13.9. The molecule has 38 heavy (non-hydrogen) atoms. The Morgan fingerprint density at radius 3 is 2.68 bits per heavy atom. The van der Waals surface area contributed by atoms with E-state index >= 15 is 4.39 Å². The number of halogens is 2. The van der Waals surface area contributed by atoms with Gasteiger partial charge in [-0.15, -0.1) is 0 Å². The van der Waals surface area contributed by atoms with E-state index in [1.165, 1.54) is 6.07 Å². The molecular weight excluding hydrogens is 508 g/mol. The molecule has 2 fully saturated rings. The van der Waals surface area contributed by atoms with Gasteiger partial charge in [0.2, 0.25) is 0 Å². The predicted molar refractivity (Wildman–Crippen MR) is 148 cm³/mol. The molecule has 2 aromatic heterocycles. The molecule has 0 unspecified atom stereocenters. The van der Waals surface area contributed by atoms with Crippen LogP contribution in [0.4, 0.5) is 19.7 Å². The summed E-state index contributed by atoms with van der Waals surface area (Å²) in [5, 5.41) is 4.24. The third-order valence-electron chi connectivity index (χ3n) is 7.63. The fraction of sp³-hybridized carbons (Fsp3) is 0.444. The minimum absolute atomic E-state index is 0.169. The molecule has 0 saturated carbocycles. The molecule has 11 heteroatoms. The van der Waals surface area contributed by atoms with E-state index in [1.54, 1.807) is 6.07 Å². The van der Waals surface area contributed by atoms with E-state index in [1.807, 2.05) is 13.0 Å². The maximum absolute atomic E-state index is 16.6. The maximum Gasteiger partial charge on any atom is 0.319 e. The quantitative estimate of drug-likeness (QED) is 0.377. The van der Waals surface area contributed by atoms with Crippen LogP contribution in [-0.2, 0) is 6.42 Å². The number of benzene rings is 2. The van der Waals surface area contributed by atoms with Crippen molar-refractivity contribution in [2.45, 2.75) is 32.2 Å². The van der Waals surface area contributed by atoms with Gasteiger partial charge in [0, 0.05) is 48.7 Å². The van der Waals surface area contributed by atoms with E-state index < -0.39 is 11.6 Å². The van der Waals surface area contributed by atoms with Crippen LogP contribution < -0.4 is 20.7 Å². The van der Waals surface area contributed by atoms with Crippen molar-refractivity contribution < 1.29 is 13.5 Å². The second kappa shape index (κ2) is 10.2. The van der Waals surface area contributed by atoms with Crippen molar-refractivity contribution in [3.8, 4) is 17.1 Å². The zero-order chi connectivity index (χ0) is 26.4. The molecule has 3 N–H and O–H groups in total. The number of hydrogen-bond acceptors (Lipinski definition) is 9. The normalized spacial score (nSPS) is 18.6. The Kier molecular flexibility index (Phi) is 6.75. The van der Waals surface area contributed by atoms with Crippen molar-refractivity contribution in [2.75, 3.05) is 57.0 Å². The number of thiazole rings is 1. The van der Waals surface area contributed by atoms with Gasteiger partial charge in [-0.1, -0.05) is 18.3 Å². The van der Waals surface area contributed by atoms with Crippen LogP contribution in [0.2, 0.25) is 0 Å². The van der Waals surface area contributed by atoms with Gasteiger partial charge in [0.15, 0.2) is 10.9 Å². The molecule has 4 heterocycles. The van der Waals surface area contributed by atoms with E-state index in [0.29, 0.717) is 45.6 Å². The highest BCUT2D eigenvalue weighted by atomic mass is 32.1. The van der Waals surface area contributed by atoms with Crippen LogP contribution in [0.15, 0.2) is 18.2 Å². The number of nitrogen functional groups attached to an aromatic ring is 1. The molecule has 2 saturated heterocycles. The highest BCUT2D eigenvalue weighted by Crippen LogP contribution is 2.41. The monoisotopic (exact) mass is 539 g/mol. The van der Waals surface area contributed by atoms with E-state index in [0.717, 1.165) is 62.5 Å². The van der Waals surface area contributed by atoms with E-state index in [2.05, 4.69) is 32.1 Å². The summed E-state index contributed by atoms with van der Waals surface area (Å²) in [7, 11) is 2.08. The Bertz CT molecular complexity index is 1500. The number of anilines is 2. The van der Waals surface area contributed by atoms with Crippen LogP contribution in [0.3, 0.4) is 0 Å². The number of aromatic nitrogens is 3. The molecule has 2 aromatic carbocycles. The molecule has 0 aliphatic carbocycles. The molecule has 0 radical (unpaired) electrons. The highest BCUT2D eigenvalue weighted by Gasteiger charge is 2.26. The summed E-state index contributed by atoms with van der Waals surface area (Å²) in [4.78, 5) is 18.2. The van der Waals surface area contributed by atoms with Gasteiger partial charge in [-0.05, 0) is 56.6 Å².